The lowest BCUT2D eigenvalue weighted by Crippen LogP contribution is -2.01. The Morgan fingerprint density at radius 3 is 2.54 bits per heavy atom. The predicted octanol–water partition coefficient (Wildman–Crippen LogP) is 5.89. The van der Waals surface area contributed by atoms with Crippen molar-refractivity contribution in [1.29, 1.82) is 0 Å². The molecule has 0 aliphatic rings. The van der Waals surface area contributed by atoms with Crippen molar-refractivity contribution in [2.24, 2.45) is 4.99 Å². The van der Waals surface area contributed by atoms with E-state index < -0.39 is 0 Å². The van der Waals surface area contributed by atoms with Crippen LogP contribution >= 0.6 is 11.6 Å². The van der Waals surface area contributed by atoms with Gasteiger partial charge in [-0.3, -0.25) is 4.99 Å². The predicted molar refractivity (Wildman–Crippen MR) is 102 cm³/mol. The van der Waals surface area contributed by atoms with E-state index in [0.29, 0.717) is 29.7 Å². The summed E-state index contributed by atoms with van der Waals surface area (Å²) in [5.74, 6) is 1.25. The summed E-state index contributed by atoms with van der Waals surface area (Å²) >= 11 is 6.37. The van der Waals surface area contributed by atoms with Gasteiger partial charge in [0, 0.05) is 6.21 Å². The van der Waals surface area contributed by atoms with Gasteiger partial charge >= 0.3 is 0 Å². The Kier molecular flexibility index (Phi) is 6.68. The number of halogens is 1. The zero-order chi connectivity index (χ0) is 17.5. The lowest BCUT2D eigenvalue weighted by Gasteiger charge is -2.13. The molecule has 3 nitrogen and oxygen atoms in total. The maximum absolute atomic E-state index is 6.37. The Morgan fingerprint density at radius 2 is 1.88 bits per heavy atom. The van der Waals surface area contributed by atoms with Crippen LogP contribution in [0.3, 0.4) is 0 Å². The highest BCUT2D eigenvalue weighted by Crippen LogP contribution is 2.36. The van der Waals surface area contributed by atoms with Gasteiger partial charge in [-0.25, -0.2) is 0 Å². The first-order valence-electron chi connectivity index (χ1n) is 8.25. The molecule has 2 aromatic rings. The van der Waals surface area contributed by atoms with Crippen molar-refractivity contribution in [3.63, 3.8) is 0 Å². The molecule has 0 saturated heterocycles. The minimum Gasteiger partial charge on any atom is -0.490 e. The van der Waals surface area contributed by atoms with Crippen molar-refractivity contribution >= 4 is 23.5 Å². The minimum atomic E-state index is 0.538. The van der Waals surface area contributed by atoms with E-state index in [1.807, 2.05) is 25.1 Å². The normalized spacial score (nSPS) is 11.0. The molecule has 0 unspecified atom stereocenters. The molecule has 24 heavy (non-hydrogen) atoms. The van der Waals surface area contributed by atoms with Gasteiger partial charge in [-0.15, -0.1) is 0 Å². The van der Waals surface area contributed by atoms with Crippen molar-refractivity contribution in [1.82, 2.24) is 0 Å². The molecule has 128 valence electrons. The van der Waals surface area contributed by atoms with E-state index >= 15 is 0 Å². The molecule has 0 aliphatic carbocycles. The molecule has 2 aromatic carbocycles. The Morgan fingerprint density at radius 1 is 1.08 bits per heavy atom. The van der Waals surface area contributed by atoms with Gasteiger partial charge in [-0.05, 0) is 56.5 Å². The zero-order valence-electron chi connectivity index (χ0n) is 14.7. The highest BCUT2D eigenvalue weighted by molar-refractivity contribution is 6.32. The summed E-state index contributed by atoms with van der Waals surface area (Å²) in [6.45, 7) is 9.28. The summed E-state index contributed by atoms with van der Waals surface area (Å²) in [7, 11) is 0. The van der Waals surface area contributed by atoms with Gasteiger partial charge < -0.3 is 9.47 Å². The number of benzene rings is 2. The highest BCUT2D eigenvalue weighted by Gasteiger charge is 2.12. The Balaban J connectivity index is 2.31. The number of nitrogens with zero attached hydrogens (tertiary/aromatic N) is 1. The van der Waals surface area contributed by atoms with Crippen LogP contribution in [0.5, 0.6) is 11.5 Å². The van der Waals surface area contributed by atoms with Gasteiger partial charge in [-0.2, -0.15) is 0 Å². The molecule has 0 atom stereocenters. The molecule has 0 spiro atoms. The van der Waals surface area contributed by atoms with E-state index in [1.54, 1.807) is 6.21 Å². The number of aryl methyl sites for hydroxylation is 2. The number of hydrogen-bond acceptors (Lipinski definition) is 3. The molecule has 0 aliphatic heterocycles. The Hall–Kier alpha value is -2.00. The topological polar surface area (TPSA) is 30.8 Å². The number of aliphatic imine (C=N–C) groups is 1. The summed E-state index contributed by atoms with van der Waals surface area (Å²) < 4.78 is 11.4. The second-order valence-electron chi connectivity index (χ2n) is 5.66. The fraction of sp³-hybridized carbons (Fsp3) is 0.350. The van der Waals surface area contributed by atoms with E-state index in [4.69, 9.17) is 21.1 Å². The summed E-state index contributed by atoms with van der Waals surface area (Å²) in [6, 6.07) is 9.95. The molecule has 0 amide bonds. The average molecular weight is 346 g/mol. The quantitative estimate of drug-likeness (QED) is 0.585. The van der Waals surface area contributed by atoms with Crippen LogP contribution in [0.1, 0.15) is 37.0 Å². The van der Waals surface area contributed by atoms with Crippen LogP contribution in [0.2, 0.25) is 5.02 Å². The highest BCUT2D eigenvalue weighted by atomic mass is 35.5. The minimum absolute atomic E-state index is 0.538. The van der Waals surface area contributed by atoms with Crippen LogP contribution in [0, 0.1) is 13.8 Å². The van der Waals surface area contributed by atoms with Gasteiger partial charge in [0.25, 0.3) is 0 Å². The zero-order valence-corrected chi connectivity index (χ0v) is 15.5. The van der Waals surface area contributed by atoms with Gasteiger partial charge in [0.1, 0.15) is 0 Å². The second-order valence-corrected chi connectivity index (χ2v) is 6.07. The van der Waals surface area contributed by atoms with E-state index in [1.165, 1.54) is 5.56 Å². The third-order valence-electron chi connectivity index (χ3n) is 3.49. The first kappa shape index (κ1) is 18.3. The van der Waals surface area contributed by atoms with Crippen molar-refractivity contribution in [2.75, 3.05) is 13.2 Å². The Bertz CT molecular complexity index is 726. The van der Waals surface area contributed by atoms with Crippen molar-refractivity contribution in [3.8, 4) is 11.5 Å². The molecule has 0 heterocycles. The van der Waals surface area contributed by atoms with E-state index in [0.717, 1.165) is 23.2 Å². The fourth-order valence-electron chi connectivity index (χ4n) is 2.36. The van der Waals surface area contributed by atoms with Crippen molar-refractivity contribution in [2.45, 2.75) is 34.1 Å². The Labute approximate surface area is 149 Å². The van der Waals surface area contributed by atoms with Crippen LogP contribution < -0.4 is 9.47 Å². The van der Waals surface area contributed by atoms with Gasteiger partial charge in [0.15, 0.2) is 11.5 Å². The number of rotatable bonds is 7. The van der Waals surface area contributed by atoms with Gasteiger partial charge in [0.05, 0.1) is 23.9 Å². The monoisotopic (exact) mass is 345 g/mol. The van der Waals surface area contributed by atoms with Crippen LogP contribution in [0.4, 0.5) is 5.69 Å². The van der Waals surface area contributed by atoms with Crippen LogP contribution in [-0.4, -0.2) is 19.4 Å². The molecular weight excluding hydrogens is 322 g/mol. The van der Waals surface area contributed by atoms with E-state index in [2.05, 4.69) is 37.9 Å². The standard InChI is InChI=1S/C20H24ClNO2/c1-5-9-24-20-17(21)11-16(12-19(20)23-6-2)13-22-18-8-7-14(3)10-15(18)4/h7-8,10-13H,5-6,9H2,1-4H3. The average Bonchev–Trinajstić information content (AvgIpc) is 2.53. The number of hydrogen-bond donors (Lipinski definition) is 0. The molecule has 0 radical (unpaired) electrons. The first-order valence-corrected chi connectivity index (χ1v) is 8.63. The summed E-state index contributed by atoms with van der Waals surface area (Å²) in [4.78, 5) is 4.57. The molecule has 0 saturated carbocycles. The maximum Gasteiger partial charge on any atom is 0.179 e. The van der Waals surface area contributed by atoms with E-state index in [9.17, 15) is 0 Å². The molecule has 0 fully saturated rings. The largest absolute Gasteiger partial charge is 0.490 e. The molecule has 2 rings (SSSR count). The lowest BCUT2D eigenvalue weighted by atomic mass is 10.1. The summed E-state index contributed by atoms with van der Waals surface area (Å²) in [5, 5.41) is 0.538. The molecule has 0 N–H and O–H groups in total. The molecular formula is C20H24ClNO2. The molecule has 0 bridgehead atoms. The molecule has 4 heteroatoms. The summed E-state index contributed by atoms with van der Waals surface area (Å²) in [6.07, 6.45) is 2.72. The van der Waals surface area contributed by atoms with Crippen molar-refractivity contribution in [3.05, 3.63) is 52.0 Å². The maximum atomic E-state index is 6.37. The van der Waals surface area contributed by atoms with Gasteiger partial charge in [-0.1, -0.05) is 36.2 Å². The second kappa shape index (κ2) is 8.74. The molecule has 0 aromatic heterocycles. The van der Waals surface area contributed by atoms with Crippen LogP contribution in [0.15, 0.2) is 35.3 Å². The van der Waals surface area contributed by atoms with Crippen molar-refractivity contribution < 1.29 is 9.47 Å². The van der Waals surface area contributed by atoms with Gasteiger partial charge in [0.2, 0.25) is 0 Å². The first-order chi connectivity index (χ1) is 11.5. The van der Waals surface area contributed by atoms with E-state index in [-0.39, 0.29) is 0 Å². The smallest absolute Gasteiger partial charge is 0.179 e. The number of ether oxygens (including phenoxy) is 2. The third kappa shape index (κ3) is 4.75. The van der Waals surface area contributed by atoms with Crippen LogP contribution in [0.25, 0.3) is 0 Å². The lowest BCUT2D eigenvalue weighted by molar-refractivity contribution is 0.277. The summed E-state index contributed by atoms with van der Waals surface area (Å²) in [5.41, 5.74) is 4.20. The SMILES string of the molecule is CCCOc1c(Cl)cc(C=Nc2ccc(C)cc2C)cc1OCC. The third-order valence-corrected chi connectivity index (χ3v) is 3.77. The fourth-order valence-corrected chi connectivity index (χ4v) is 2.64. The van der Waals surface area contributed by atoms with Crippen LogP contribution in [-0.2, 0) is 0 Å².